The molecule has 1 unspecified atom stereocenters. The Kier molecular flexibility index (Phi) is 7.49. The topological polar surface area (TPSA) is 66.8 Å². The average Bonchev–Trinajstić information content (AvgIpc) is 2.98. The molecule has 2 aromatic rings. The molecule has 0 radical (unpaired) electrons. The molecule has 0 bridgehead atoms. The zero-order chi connectivity index (χ0) is 20.7. The summed E-state index contributed by atoms with van der Waals surface area (Å²) >= 11 is 0. The van der Waals surface area contributed by atoms with E-state index in [9.17, 15) is 14.6 Å². The number of allylic oxidation sites excluding steroid dienone is 1. The molecule has 1 aliphatic carbocycles. The molecular formula is C24H29O4P. The van der Waals surface area contributed by atoms with Gasteiger partial charge in [0.15, 0.2) is 0 Å². The molecule has 4 nitrogen and oxygen atoms in total. The summed E-state index contributed by atoms with van der Waals surface area (Å²) in [6.07, 6.45) is 8.79. The molecule has 154 valence electrons. The van der Waals surface area contributed by atoms with Crippen molar-refractivity contribution in [2.75, 3.05) is 6.61 Å². The Bertz CT molecular complexity index is 901. The lowest BCUT2D eigenvalue weighted by molar-refractivity contribution is 0.283. The molecule has 29 heavy (non-hydrogen) atoms. The first kappa shape index (κ1) is 21.6. The summed E-state index contributed by atoms with van der Waals surface area (Å²) in [5.74, 6) is 1.50. The van der Waals surface area contributed by atoms with Gasteiger partial charge in [-0.05, 0) is 73.1 Å². The van der Waals surface area contributed by atoms with Crippen LogP contribution in [0.15, 0.2) is 59.9 Å². The van der Waals surface area contributed by atoms with E-state index >= 15 is 0 Å². The van der Waals surface area contributed by atoms with Crippen LogP contribution in [0, 0.1) is 0 Å². The molecule has 2 aromatic carbocycles. The first-order valence-electron chi connectivity index (χ1n) is 10.3. The van der Waals surface area contributed by atoms with Gasteiger partial charge in [0.1, 0.15) is 5.75 Å². The Morgan fingerprint density at radius 2 is 1.52 bits per heavy atom. The van der Waals surface area contributed by atoms with Gasteiger partial charge in [-0.1, -0.05) is 54.8 Å². The van der Waals surface area contributed by atoms with Gasteiger partial charge in [-0.2, -0.15) is 0 Å². The van der Waals surface area contributed by atoms with Gasteiger partial charge in [-0.3, -0.25) is 4.57 Å². The molecule has 1 atom stereocenters. The van der Waals surface area contributed by atoms with Gasteiger partial charge in [-0.25, -0.2) is 0 Å². The second kappa shape index (κ2) is 10.1. The quantitative estimate of drug-likeness (QED) is 0.407. The maximum atomic E-state index is 11.8. The van der Waals surface area contributed by atoms with Crippen LogP contribution in [-0.4, -0.2) is 16.6 Å². The Morgan fingerprint density at radius 1 is 0.966 bits per heavy atom. The third-order valence-corrected chi connectivity index (χ3v) is 6.34. The normalized spacial score (nSPS) is 17.1. The summed E-state index contributed by atoms with van der Waals surface area (Å²) in [6.45, 7) is 1.89. The Morgan fingerprint density at radius 3 is 2.07 bits per heavy atom. The lowest BCUT2D eigenvalue weighted by atomic mass is 9.89. The number of phenolic OH excluding ortho intramolecular Hbond substituents is 1. The maximum absolute atomic E-state index is 11.8. The first-order chi connectivity index (χ1) is 14.0. The minimum absolute atomic E-state index is 0.195. The second-order valence-corrected chi connectivity index (χ2v) is 9.04. The van der Waals surface area contributed by atoms with E-state index in [-0.39, 0.29) is 12.4 Å². The molecule has 1 saturated carbocycles. The molecule has 0 heterocycles. The molecule has 2 N–H and O–H groups in total. The van der Waals surface area contributed by atoms with Crippen LogP contribution in [0.5, 0.6) is 5.75 Å². The van der Waals surface area contributed by atoms with Crippen molar-refractivity contribution in [3.8, 4) is 5.75 Å². The lowest BCUT2D eigenvalue weighted by Gasteiger charge is -2.16. The lowest BCUT2D eigenvalue weighted by Crippen LogP contribution is -1.95. The number of rotatable bonds is 6. The summed E-state index contributed by atoms with van der Waals surface area (Å²) < 4.78 is 16.7. The fourth-order valence-corrected chi connectivity index (χ4v) is 4.59. The van der Waals surface area contributed by atoms with Crippen LogP contribution in [-0.2, 0) is 9.09 Å². The molecule has 5 heteroatoms. The van der Waals surface area contributed by atoms with Gasteiger partial charge in [0, 0.05) is 5.82 Å². The highest BCUT2D eigenvalue weighted by atomic mass is 31.2. The van der Waals surface area contributed by atoms with Crippen molar-refractivity contribution in [2.24, 2.45) is 0 Å². The molecule has 1 fully saturated rings. The molecule has 0 aromatic heterocycles. The summed E-state index contributed by atoms with van der Waals surface area (Å²) in [5.41, 5.74) is 5.79. The van der Waals surface area contributed by atoms with Crippen molar-refractivity contribution >= 4 is 19.2 Å². The fourth-order valence-electron chi connectivity index (χ4n) is 3.78. The zero-order valence-electron chi connectivity index (χ0n) is 16.9. The summed E-state index contributed by atoms with van der Waals surface area (Å²) in [6, 6.07) is 15.4. The molecule has 0 spiro atoms. The Balaban J connectivity index is 1.94. The van der Waals surface area contributed by atoms with E-state index in [1.165, 1.54) is 42.6 Å². The van der Waals surface area contributed by atoms with Crippen LogP contribution in [0.4, 0.5) is 0 Å². The fraction of sp³-hybridized carbons (Fsp3) is 0.333. The highest BCUT2D eigenvalue weighted by Crippen LogP contribution is 2.44. The van der Waals surface area contributed by atoms with E-state index in [1.807, 2.05) is 24.3 Å². The van der Waals surface area contributed by atoms with Gasteiger partial charge in [0.2, 0.25) is 0 Å². The van der Waals surface area contributed by atoms with E-state index in [0.29, 0.717) is 0 Å². The summed E-state index contributed by atoms with van der Waals surface area (Å²) in [7, 11) is -3.68. The third-order valence-electron chi connectivity index (χ3n) is 5.19. The number of phenols is 1. The van der Waals surface area contributed by atoms with Crippen LogP contribution >= 0.6 is 7.60 Å². The minimum atomic E-state index is -3.68. The molecular weight excluding hydrogens is 383 g/mol. The monoisotopic (exact) mass is 412 g/mol. The van der Waals surface area contributed by atoms with E-state index < -0.39 is 7.60 Å². The number of aromatic hydroxyl groups is 1. The zero-order valence-corrected chi connectivity index (χ0v) is 17.8. The van der Waals surface area contributed by atoms with Crippen molar-refractivity contribution in [1.29, 1.82) is 0 Å². The second-order valence-electron chi connectivity index (χ2n) is 7.36. The number of hydrogen-bond acceptors (Lipinski definition) is 3. The highest BCUT2D eigenvalue weighted by Gasteiger charge is 2.15. The highest BCUT2D eigenvalue weighted by molar-refractivity contribution is 7.56. The van der Waals surface area contributed by atoms with Crippen LogP contribution in [0.2, 0.25) is 0 Å². The largest absolute Gasteiger partial charge is 0.508 e. The standard InChI is InChI=1S/C24H29O4P/c1-2-28-29(26,27)18-17-19-9-11-21(12-10-19)24(20-7-5-3-4-6-8-20)22-13-15-23(25)16-14-22/h9-18,25H,2-8H2,1H3,(H,26,27). The van der Waals surface area contributed by atoms with Gasteiger partial charge >= 0.3 is 7.60 Å². The average molecular weight is 412 g/mol. The van der Waals surface area contributed by atoms with Gasteiger partial charge < -0.3 is 14.5 Å². The number of benzene rings is 2. The first-order valence-corrected chi connectivity index (χ1v) is 11.9. The third kappa shape index (κ3) is 6.17. The van der Waals surface area contributed by atoms with Crippen LogP contribution in [0.1, 0.15) is 62.1 Å². The van der Waals surface area contributed by atoms with E-state index in [2.05, 4.69) is 12.1 Å². The van der Waals surface area contributed by atoms with Crippen molar-refractivity contribution in [3.63, 3.8) is 0 Å². The SMILES string of the molecule is CCOP(=O)(O)C=Cc1ccc(C(=C2CCCCCC2)c2ccc(O)cc2)cc1. The molecule has 0 saturated heterocycles. The van der Waals surface area contributed by atoms with Gasteiger partial charge in [0.25, 0.3) is 0 Å². The smallest absolute Gasteiger partial charge is 0.351 e. The van der Waals surface area contributed by atoms with Crippen LogP contribution in [0.3, 0.4) is 0 Å². The minimum Gasteiger partial charge on any atom is -0.508 e. The van der Waals surface area contributed by atoms with Crippen LogP contribution in [0.25, 0.3) is 11.6 Å². The molecule has 0 aliphatic heterocycles. The Hall–Kier alpha value is -2.13. The van der Waals surface area contributed by atoms with Crippen molar-refractivity contribution in [2.45, 2.75) is 45.4 Å². The van der Waals surface area contributed by atoms with Crippen LogP contribution < -0.4 is 0 Å². The molecule has 1 aliphatic rings. The number of hydrogen-bond donors (Lipinski definition) is 2. The molecule has 3 rings (SSSR count). The van der Waals surface area contributed by atoms with E-state index in [0.717, 1.165) is 29.5 Å². The maximum Gasteiger partial charge on any atom is 0.351 e. The van der Waals surface area contributed by atoms with Gasteiger partial charge in [0.05, 0.1) is 6.61 Å². The van der Waals surface area contributed by atoms with Crippen molar-refractivity contribution in [1.82, 2.24) is 0 Å². The van der Waals surface area contributed by atoms with E-state index in [1.54, 1.807) is 25.1 Å². The summed E-state index contributed by atoms with van der Waals surface area (Å²) in [5, 5.41) is 9.69. The molecule has 0 amide bonds. The predicted molar refractivity (Wildman–Crippen MR) is 119 cm³/mol. The van der Waals surface area contributed by atoms with E-state index in [4.69, 9.17) is 4.52 Å². The Labute approximate surface area is 173 Å². The van der Waals surface area contributed by atoms with Gasteiger partial charge in [-0.15, -0.1) is 0 Å². The van der Waals surface area contributed by atoms with Crippen molar-refractivity contribution in [3.05, 3.63) is 76.6 Å². The summed E-state index contributed by atoms with van der Waals surface area (Å²) in [4.78, 5) is 9.71. The predicted octanol–water partition coefficient (Wildman–Crippen LogP) is 6.74. The van der Waals surface area contributed by atoms with Crippen molar-refractivity contribution < 1.29 is 19.1 Å².